The number of nitrogens with one attached hydrogen (secondary N) is 1. The van der Waals surface area contributed by atoms with Crippen LogP contribution in [0.3, 0.4) is 0 Å². The molecule has 0 aliphatic heterocycles. The lowest BCUT2D eigenvalue weighted by atomic mass is 10.0. The highest BCUT2D eigenvalue weighted by Gasteiger charge is 2.25. The second kappa shape index (κ2) is 5.57. The summed E-state index contributed by atoms with van der Waals surface area (Å²) in [7, 11) is 3.35. The summed E-state index contributed by atoms with van der Waals surface area (Å²) in [4.78, 5) is 9.85. The molecule has 2 rings (SSSR count). The van der Waals surface area contributed by atoms with E-state index in [4.69, 9.17) is 0 Å². The Balaban J connectivity index is 2.70. The smallest absolute Gasteiger partial charge is 0.308 e. The van der Waals surface area contributed by atoms with Crippen LogP contribution in [0.1, 0.15) is 18.5 Å². The van der Waals surface area contributed by atoms with Crippen molar-refractivity contribution in [3.05, 3.63) is 45.6 Å². The lowest BCUT2D eigenvalue weighted by Gasteiger charge is -2.10. The maximum atomic E-state index is 14.3. The van der Waals surface area contributed by atoms with Crippen molar-refractivity contribution in [2.24, 2.45) is 7.05 Å². The molecule has 0 spiro atoms. The molecule has 112 valence electrons. The highest BCUT2D eigenvalue weighted by molar-refractivity contribution is 5.67. The molecule has 0 radical (unpaired) electrons. The zero-order valence-electron chi connectivity index (χ0n) is 11.7. The van der Waals surface area contributed by atoms with Crippen LogP contribution in [0.25, 0.3) is 11.3 Å². The van der Waals surface area contributed by atoms with Crippen LogP contribution in [0.15, 0.2) is 18.3 Å². The summed E-state index contributed by atoms with van der Waals surface area (Å²) in [5, 5.41) is 17.9. The van der Waals surface area contributed by atoms with E-state index in [-0.39, 0.29) is 17.3 Å². The topological polar surface area (TPSA) is 73.0 Å². The highest BCUT2D eigenvalue weighted by atomic mass is 19.1. The molecule has 0 saturated carbocycles. The molecule has 0 saturated heterocycles. The number of aryl methyl sites for hydroxylation is 1. The van der Waals surface area contributed by atoms with Gasteiger partial charge in [-0.1, -0.05) is 0 Å². The fraction of sp³-hybridized carbons (Fsp3) is 0.308. The normalized spacial score (nSPS) is 12.4. The van der Waals surface area contributed by atoms with Crippen molar-refractivity contribution in [3.8, 4) is 11.3 Å². The van der Waals surface area contributed by atoms with Crippen LogP contribution >= 0.6 is 0 Å². The highest BCUT2D eigenvalue weighted by Crippen LogP contribution is 2.33. The van der Waals surface area contributed by atoms with E-state index in [0.29, 0.717) is 11.6 Å². The van der Waals surface area contributed by atoms with E-state index in [1.807, 2.05) is 6.92 Å². The lowest BCUT2D eigenvalue weighted by Crippen LogP contribution is -2.12. The number of hydrogen-bond acceptors (Lipinski definition) is 4. The maximum absolute atomic E-state index is 14.3. The predicted molar refractivity (Wildman–Crippen MR) is 72.7 cm³/mol. The van der Waals surface area contributed by atoms with E-state index in [1.165, 1.54) is 4.68 Å². The molecule has 0 aliphatic carbocycles. The van der Waals surface area contributed by atoms with Gasteiger partial charge in [0.2, 0.25) is 5.82 Å². The molecule has 6 nitrogen and oxygen atoms in total. The Morgan fingerprint density at radius 2 is 2.10 bits per heavy atom. The monoisotopic (exact) mass is 296 g/mol. The SMILES string of the molecule is CNC(C)c1cn(C)nc1-c1cc(F)cc([N+](=O)[O-])c1F. The van der Waals surface area contributed by atoms with Crippen LogP contribution in [0, 0.1) is 21.7 Å². The molecule has 21 heavy (non-hydrogen) atoms. The average Bonchev–Trinajstić information content (AvgIpc) is 2.81. The van der Waals surface area contributed by atoms with E-state index in [1.54, 1.807) is 20.3 Å². The zero-order chi connectivity index (χ0) is 15.7. The molecule has 0 amide bonds. The second-order valence-corrected chi connectivity index (χ2v) is 4.66. The number of hydrogen-bond donors (Lipinski definition) is 1. The number of rotatable bonds is 4. The third-order valence-electron chi connectivity index (χ3n) is 3.23. The predicted octanol–water partition coefficient (Wildman–Crippen LogP) is 2.55. The molecule has 0 bridgehead atoms. The molecule has 1 atom stereocenters. The van der Waals surface area contributed by atoms with Gasteiger partial charge in [0.05, 0.1) is 11.0 Å². The molecule has 1 aromatic heterocycles. The van der Waals surface area contributed by atoms with Crippen molar-refractivity contribution in [1.29, 1.82) is 0 Å². The Bertz CT molecular complexity index is 700. The molecule has 0 aliphatic rings. The van der Waals surface area contributed by atoms with Gasteiger partial charge in [-0.15, -0.1) is 0 Å². The van der Waals surface area contributed by atoms with E-state index < -0.39 is 22.2 Å². The van der Waals surface area contributed by atoms with Crippen LogP contribution in [0.4, 0.5) is 14.5 Å². The molecule has 0 fully saturated rings. The molecule has 1 aromatic carbocycles. The third kappa shape index (κ3) is 2.75. The van der Waals surface area contributed by atoms with Crippen LogP contribution in [0.5, 0.6) is 0 Å². The number of nitrogens with zero attached hydrogens (tertiary/aromatic N) is 3. The van der Waals surface area contributed by atoms with Gasteiger partial charge in [-0.2, -0.15) is 9.49 Å². The summed E-state index contributed by atoms with van der Waals surface area (Å²) in [5.41, 5.74) is -0.323. The summed E-state index contributed by atoms with van der Waals surface area (Å²) in [6, 6.07) is 1.30. The first kappa shape index (κ1) is 15.0. The van der Waals surface area contributed by atoms with Gasteiger partial charge in [0.25, 0.3) is 0 Å². The number of nitro benzene ring substituents is 1. The van der Waals surface area contributed by atoms with Crippen molar-refractivity contribution < 1.29 is 13.7 Å². The zero-order valence-corrected chi connectivity index (χ0v) is 11.7. The van der Waals surface area contributed by atoms with E-state index >= 15 is 0 Å². The summed E-state index contributed by atoms with van der Waals surface area (Å²) in [6.07, 6.45) is 1.66. The Labute approximate surface area is 119 Å². The fourth-order valence-electron chi connectivity index (χ4n) is 2.07. The first-order valence-corrected chi connectivity index (χ1v) is 6.19. The minimum absolute atomic E-state index is 0.171. The van der Waals surface area contributed by atoms with Crippen LogP contribution in [-0.4, -0.2) is 21.8 Å². The minimum atomic E-state index is -1.09. The first-order chi connectivity index (χ1) is 9.85. The minimum Gasteiger partial charge on any atom is -0.313 e. The van der Waals surface area contributed by atoms with Gasteiger partial charge in [-0.25, -0.2) is 4.39 Å². The van der Waals surface area contributed by atoms with Crippen molar-refractivity contribution in [1.82, 2.24) is 15.1 Å². The Hall–Kier alpha value is -2.35. The fourth-order valence-corrected chi connectivity index (χ4v) is 2.07. The van der Waals surface area contributed by atoms with Crippen LogP contribution in [0.2, 0.25) is 0 Å². The number of benzene rings is 1. The molecule has 1 heterocycles. The van der Waals surface area contributed by atoms with Crippen molar-refractivity contribution in [2.45, 2.75) is 13.0 Å². The average molecular weight is 296 g/mol. The molecule has 2 aromatic rings. The largest absolute Gasteiger partial charge is 0.313 e. The quantitative estimate of drug-likeness (QED) is 0.695. The van der Waals surface area contributed by atoms with E-state index in [0.717, 1.165) is 6.07 Å². The molecular formula is C13H14F2N4O2. The lowest BCUT2D eigenvalue weighted by molar-refractivity contribution is -0.387. The summed E-state index contributed by atoms with van der Waals surface area (Å²) in [5.74, 6) is -1.98. The summed E-state index contributed by atoms with van der Waals surface area (Å²) in [6.45, 7) is 1.83. The Kier molecular flexibility index (Phi) is 3.99. The van der Waals surface area contributed by atoms with Gasteiger partial charge in [0, 0.05) is 30.4 Å². The van der Waals surface area contributed by atoms with Gasteiger partial charge < -0.3 is 5.32 Å². The van der Waals surface area contributed by atoms with Gasteiger partial charge in [0.1, 0.15) is 11.5 Å². The first-order valence-electron chi connectivity index (χ1n) is 6.19. The number of nitro groups is 1. The molecule has 8 heteroatoms. The Morgan fingerprint density at radius 1 is 1.43 bits per heavy atom. The van der Waals surface area contributed by atoms with Crippen molar-refractivity contribution >= 4 is 5.69 Å². The summed E-state index contributed by atoms with van der Waals surface area (Å²) >= 11 is 0. The van der Waals surface area contributed by atoms with Gasteiger partial charge in [-0.05, 0) is 20.0 Å². The molecule has 1 N–H and O–H groups in total. The molecular weight excluding hydrogens is 282 g/mol. The molecule has 1 unspecified atom stereocenters. The van der Waals surface area contributed by atoms with Crippen molar-refractivity contribution in [2.75, 3.05) is 7.05 Å². The second-order valence-electron chi connectivity index (χ2n) is 4.66. The maximum Gasteiger partial charge on any atom is 0.308 e. The van der Waals surface area contributed by atoms with E-state index in [9.17, 15) is 18.9 Å². The summed E-state index contributed by atoms with van der Waals surface area (Å²) < 4.78 is 29.3. The van der Waals surface area contributed by atoms with Crippen LogP contribution in [-0.2, 0) is 7.05 Å². The third-order valence-corrected chi connectivity index (χ3v) is 3.23. The standard InChI is InChI=1S/C13H14F2N4O2/c1-7(16-2)10-6-18(3)17-13(10)9-4-8(14)5-11(12(9)15)19(20)21/h4-7,16H,1-3H3. The van der Waals surface area contributed by atoms with Gasteiger partial charge in [-0.3, -0.25) is 14.8 Å². The van der Waals surface area contributed by atoms with Crippen LogP contribution < -0.4 is 5.32 Å². The van der Waals surface area contributed by atoms with E-state index in [2.05, 4.69) is 10.4 Å². The van der Waals surface area contributed by atoms with Gasteiger partial charge >= 0.3 is 5.69 Å². The van der Waals surface area contributed by atoms with Crippen molar-refractivity contribution in [3.63, 3.8) is 0 Å². The Morgan fingerprint density at radius 3 is 2.67 bits per heavy atom. The van der Waals surface area contributed by atoms with Gasteiger partial charge in [0.15, 0.2) is 0 Å². The number of halogens is 2. The number of aromatic nitrogens is 2.